The van der Waals surface area contributed by atoms with Gasteiger partial charge >= 0.3 is 0 Å². The van der Waals surface area contributed by atoms with Crippen molar-refractivity contribution in [1.82, 2.24) is 29.1 Å². The number of pyridine rings is 4. The molecule has 8 aromatic rings. The molecule has 1 aliphatic carbocycles. The second kappa shape index (κ2) is 9.99. The summed E-state index contributed by atoms with van der Waals surface area (Å²) in [5, 5.41) is 3.76. The van der Waals surface area contributed by atoms with Gasteiger partial charge in [0.1, 0.15) is 11.6 Å². The van der Waals surface area contributed by atoms with Gasteiger partial charge in [0.15, 0.2) is 0 Å². The van der Waals surface area contributed by atoms with Gasteiger partial charge in [0.25, 0.3) is 0 Å². The zero-order valence-electron chi connectivity index (χ0n) is 24.1. The standard InChI is InChI=1S/C38H28N6/c1-3-15-32-27(11-1)28-19-20-34-37(38(28)44(32)36-18-6-14-31(42-36)26-10-8-22-40-24-26)29-12-2-4-16-33(29)43(34)35-17-5-13-30(41-35)25-9-7-21-39-23-25/h2,4-10,12-14,16-24H,1,3,11,15H2. The van der Waals surface area contributed by atoms with Crippen LogP contribution in [0.25, 0.3) is 66.9 Å². The summed E-state index contributed by atoms with van der Waals surface area (Å²) in [5.74, 6) is 1.83. The van der Waals surface area contributed by atoms with E-state index in [2.05, 4.69) is 98.0 Å². The second-order valence-corrected chi connectivity index (χ2v) is 11.4. The van der Waals surface area contributed by atoms with Crippen LogP contribution in [-0.2, 0) is 12.8 Å². The van der Waals surface area contributed by atoms with Crippen LogP contribution in [0.4, 0.5) is 0 Å². The summed E-state index contributed by atoms with van der Waals surface area (Å²) in [4.78, 5) is 19.1. The molecular weight excluding hydrogens is 540 g/mol. The van der Waals surface area contributed by atoms with Crippen LogP contribution in [0.2, 0.25) is 0 Å². The van der Waals surface area contributed by atoms with Gasteiger partial charge in [-0.2, -0.15) is 0 Å². The van der Waals surface area contributed by atoms with Gasteiger partial charge in [-0.1, -0.05) is 36.4 Å². The van der Waals surface area contributed by atoms with Crippen LogP contribution in [-0.4, -0.2) is 29.1 Å². The molecule has 0 N–H and O–H groups in total. The second-order valence-electron chi connectivity index (χ2n) is 11.4. The van der Waals surface area contributed by atoms with Gasteiger partial charge in [-0.15, -0.1) is 0 Å². The number of hydrogen-bond acceptors (Lipinski definition) is 4. The van der Waals surface area contributed by atoms with E-state index in [0.717, 1.165) is 58.0 Å². The highest BCUT2D eigenvalue weighted by atomic mass is 15.1. The summed E-state index contributed by atoms with van der Waals surface area (Å²) >= 11 is 0. The summed E-state index contributed by atoms with van der Waals surface area (Å²) < 4.78 is 4.75. The summed E-state index contributed by atoms with van der Waals surface area (Å²) in [6.07, 6.45) is 11.9. The van der Waals surface area contributed by atoms with Gasteiger partial charge in [-0.3, -0.25) is 19.1 Å². The minimum absolute atomic E-state index is 0.886. The number of benzene rings is 2. The molecule has 0 bridgehead atoms. The van der Waals surface area contributed by atoms with Gasteiger partial charge in [0.2, 0.25) is 0 Å². The topological polar surface area (TPSA) is 61.4 Å². The van der Waals surface area contributed by atoms with E-state index >= 15 is 0 Å². The van der Waals surface area contributed by atoms with E-state index in [9.17, 15) is 0 Å². The van der Waals surface area contributed by atoms with Gasteiger partial charge in [-0.05, 0) is 91.9 Å². The molecule has 210 valence electrons. The molecule has 0 amide bonds. The molecule has 2 aromatic carbocycles. The normalized spacial score (nSPS) is 13.1. The molecule has 0 saturated carbocycles. The average molecular weight is 569 g/mol. The predicted molar refractivity (Wildman–Crippen MR) is 176 cm³/mol. The van der Waals surface area contributed by atoms with Crippen molar-refractivity contribution < 1.29 is 0 Å². The molecule has 44 heavy (non-hydrogen) atoms. The van der Waals surface area contributed by atoms with Crippen LogP contribution in [0.15, 0.2) is 122 Å². The maximum atomic E-state index is 5.24. The van der Waals surface area contributed by atoms with Crippen molar-refractivity contribution in [1.29, 1.82) is 0 Å². The van der Waals surface area contributed by atoms with Crippen LogP contribution in [0.5, 0.6) is 0 Å². The molecule has 1 aliphatic rings. The van der Waals surface area contributed by atoms with E-state index in [0.29, 0.717) is 0 Å². The lowest BCUT2D eigenvalue weighted by atomic mass is 9.95. The monoisotopic (exact) mass is 568 g/mol. The zero-order valence-corrected chi connectivity index (χ0v) is 24.1. The molecule has 6 aromatic heterocycles. The number of aryl methyl sites for hydroxylation is 1. The Hall–Kier alpha value is -5.62. The van der Waals surface area contributed by atoms with E-state index in [4.69, 9.17) is 9.97 Å². The Balaban J connectivity index is 1.36. The first-order chi connectivity index (χ1) is 21.8. The van der Waals surface area contributed by atoms with E-state index < -0.39 is 0 Å². The molecule has 6 heterocycles. The average Bonchev–Trinajstić information content (AvgIpc) is 3.62. The molecule has 0 unspecified atom stereocenters. The zero-order chi connectivity index (χ0) is 29.0. The Kier molecular flexibility index (Phi) is 5.66. The van der Waals surface area contributed by atoms with Crippen LogP contribution in [0.1, 0.15) is 24.1 Å². The number of hydrogen-bond donors (Lipinski definition) is 0. The quantitative estimate of drug-likeness (QED) is 0.214. The lowest BCUT2D eigenvalue weighted by Crippen LogP contribution is -2.08. The summed E-state index contributed by atoms with van der Waals surface area (Å²) in [6.45, 7) is 0. The Bertz CT molecular complexity index is 2330. The molecule has 0 atom stereocenters. The molecule has 6 heteroatoms. The Labute approximate surface area is 254 Å². The molecule has 9 rings (SSSR count). The predicted octanol–water partition coefficient (Wildman–Crippen LogP) is 8.52. The molecule has 0 spiro atoms. The third-order valence-electron chi connectivity index (χ3n) is 8.91. The fourth-order valence-corrected chi connectivity index (χ4v) is 7.02. The number of aromatic nitrogens is 6. The van der Waals surface area contributed by atoms with Crippen molar-refractivity contribution in [3.05, 3.63) is 133 Å². The van der Waals surface area contributed by atoms with Crippen molar-refractivity contribution in [2.24, 2.45) is 0 Å². The van der Waals surface area contributed by atoms with Crippen LogP contribution in [0.3, 0.4) is 0 Å². The summed E-state index contributed by atoms with van der Waals surface area (Å²) in [7, 11) is 0. The van der Waals surface area contributed by atoms with Crippen molar-refractivity contribution in [2.45, 2.75) is 25.7 Å². The Morgan fingerprint density at radius 2 is 1.20 bits per heavy atom. The third-order valence-corrected chi connectivity index (χ3v) is 8.91. The Morgan fingerprint density at radius 3 is 1.91 bits per heavy atom. The lowest BCUT2D eigenvalue weighted by Gasteiger charge is -2.16. The first kappa shape index (κ1) is 24.9. The summed E-state index contributed by atoms with van der Waals surface area (Å²) in [5.41, 5.74) is 10.2. The lowest BCUT2D eigenvalue weighted by molar-refractivity contribution is 0.665. The minimum Gasteiger partial charge on any atom is -0.297 e. The van der Waals surface area contributed by atoms with E-state index in [1.165, 1.54) is 45.8 Å². The number of para-hydroxylation sites is 1. The van der Waals surface area contributed by atoms with Crippen molar-refractivity contribution in [2.75, 3.05) is 0 Å². The SMILES string of the molecule is c1cncc(-c2cccc(-n3c4c(c5ccc6c(c7ccccc7n6-c6cccc(-c7cccnc7)n6)c53)CCCC4)n2)c1. The van der Waals surface area contributed by atoms with Crippen LogP contribution < -0.4 is 0 Å². The smallest absolute Gasteiger partial charge is 0.138 e. The number of rotatable bonds is 4. The van der Waals surface area contributed by atoms with Gasteiger partial charge in [0, 0.05) is 57.8 Å². The highest BCUT2D eigenvalue weighted by Crippen LogP contribution is 2.42. The molecule has 0 fully saturated rings. The first-order valence-corrected chi connectivity index (χ1v) is 15.2. The van der Waals surface area contributed by atoms with Crippen LogP contribution >= 0.6 is 0 Å². The fourth-order valence-electron chi connectivity index (χ4n) is 7.02. The molecule has 6 nitrogen and oxygen atoms in total. The van der Waals surface area contributed by atoms with Crippen LogP contribution in [0, 0.1) is 0 Å². The molecule has 0 saturated heterocycles. The van der Waals surface area contributed by atoms with Gasteiger partial charge in [0.05, 0.1) is 27.9 Å². The third kappa shape index (κ3) is 3.81. The molecule has 0 aliphatic heterocycles. The maximum absolute atomic E-state index is 5.24. The molecular formula is C38H28N6. The number of fused-ring (bicyclic) bond motifs is 7. The highest BCUT2D eigenvalue weighted by molar-refractivity contribution is 6.21. The molecule has 0 radical (unpaired) electrons. The first-order valence-electron chi connectivity index (χ1n) is 15.2. The van der Waals surface area contributed by atoms with E-state index in [-0.39, 0.29) is 0 Å². The maximum Gasteiger partial charge on any atom is 0.138 e. The van der Waals surface area contributed by atoms with Gasteiger partial charge in [-0.25, -0.2) is 9.97 Å². The summed E-state index contributed by atoms with van der Waals surface area (Å²) in [6, 6.07) is 33.9. The number of nitrogens with zero attached hydrogens (tertiary/aromatic N) is 6. The minimum atomic E-state index is 0.886. The van der Waals surface area contributed by atoms with Crippen molar-refractivity contribution in [3.63, 3.8) is 0 Å². The highest BCUT2D eigenvalue weighted by Gasteiger charge is 2.26. The van der Waals surface area contributed by atoms with E-state index in [1.54, 1.807) is 12.4 Å². The van der Waals surface area contributed by atoms with E-state index in [1.807, 2.05) is 30.6 Å². The van der Waals surface area contributed by atoms with Crippen molar-refractivity contribution in [3.8, 4) is 34.2 Å². The van der Waals surface area contributed by atoms with Crippen molar-refractivity contribution >= 4 is 32.7 Å². The largest absolute Gasteiger partial charge is 0.297 e. The fraction of sp³-hybridized carbons (Fsp3) is 0.105. The Morgan fingerprint density at radius 1 is 0.523 bits per heavy atom. The van der Waals surface area contributed by atoms with Gasteiger partial charge < -0.3 is 0 Å².